The minimum atomic E-state index is 0. The Labute approximate surface area is 284 Å². The fourth-order valence-electron chi connectivity index (χ4n) is 3.94. The number of pyridine rings is 1. The van der Waals surface area contributed by atoms with Gasteiger partial charge in [0.2, 0.25) is 0 Å². The maximum absolute atomic E-state index is 4.57. The van der Waals surface area contributed by atoms with Gasteiger partial charge in [-0.15, -0.1) is 71.6 Å². The Morgan fingerprint density at radius 2 is 1.39 bits per heavy atom. The summed E-state index contributed by atoms with van der Waals surface area (Å²) in [5.41, 5.74) is 5.83. The van der Waals surface area contributed by atoms with Crippen LogP contribution in [-0.2, 0) is 58.2 Å². The van der Waals surface area contributed by atoms with Crippen molar-refractivity contribution in [1.29, 1.82) is 0 Å². The topological polar surface area (TPSA) is 38.7 Å². The molecule has 5 radical (unpaired) electrons. The fourth-order valence-corrected chi connectivity index (χ4v) is 3.94. The van der Waals surface area contributed by atoms with Crippen molar-refractivity contribution < 1.29 is 52.8 Å². The van der Waals surface area contributed by atoms with E-state index in [1.807, 2.05) is 79.0 Å². The van der Waals surface area contributed by atoms with Gasteiger partial charge in [-0.3, -0.25) is 33.2 Å². The van der Waals surface area contributed by atoms with E-state index in [0.717, 1.165) is 44.9 Å². The van der Waals surface area contributed by atoms with E-state index >= 15 is 0 Å². The van der Waals surface area contributed by atoms with Crippen LogP contribution >= 0.6 is 0 Å². The van der Waals surface area contributed by atoms with Gasteiger partial charge in [-0.1, -0.05) is 56.1 Å². The van der Waals surface area contributed by atoms with Crippen LogP contribution in [0.2, 0.25) is 0 Å². The van der Waals surface area contributed by atoms with Crippen LogP contribution < -0.4 is 0 Å². The molecule has 6 rings (SSSR count). The molecule has 0 N–H and O–H groups in total. The summed E-state index contributed by atoms with van der Waals surface area (Å²) in [7, 11) is 0. The Balaban J connectivity index is 0.000000279. The fraction of sp³-hybridized carbons (Fsp3) is 0.114. The summed E-state index contributed by atoms with van der Waals surface area (Å²) in [4.78, 5) is 13.2. The van der Waals surface area contributed by atoms with Crippen molar-refractivity contribution in [3.05, 3.63) is 139 Å². The molecule has 0 aliphatic carbocycles. The molecular formula is C35H27BIrN3Y-4. The minimum Gasteiger partial charge on any atom is -0.352 e. The number of hydrogen-bond donors (Lipinski definition) is 0. The first-order valence-electron chi connectivity index (χ1n) is 12.5. The van der Waals surface area contributed by atoms with Crippen molar-refractivity contribution in [2.24, 2.45) is 0 Å². The molecule has 0 amide bonds. The Morgan fingerprint density at radius 1 is 0.634 bits per heavy atom. The molecule has 4 aromatic carbocycles. The molecule has 0 aliphatic rings. The molecule has 41 heavy (non-hydrogen) atoms. The zero-order valence-electron chi connectivity index (χ0n) is 23.2. The second kappa shape index (κ2) is 16.0. The van der Waals surface area contributed by atoms with Gasteiger partial charge in [-0.2, -0.15) is 5.56 Å². The van der Waals surface area contributed by atoms with Crippen LogP contribution in [0.3, 0.4) is 0 Å². The number of nitrogens with zero attached hydrogens (tertiary/aromatic N) is 3. The molecule has 0 fully saturated rings. The normalized spacial score (nSPS) is 10.2. The molecule has 201 valence electrons. The number of hydrogen-bond acceptors (Lipinski definition) is 3. The summed E-state index contributed by atoms with van der Waals surface area (Å²) in [5.74, 6) is 0.744. The van der Waals surface area contributed by atoms with Gasteiger partial charge < -0.3 is 11.1 Å². The van der Waals surface area contributed by atoms with Crippen molar-refractivity contribution in [2.75, 3.05) is 0 Å². The van der Waals surface area contributed by atoms with Gasteiger partial charge in [-0.25, -0.2) is 6.07 Å². The van der Waals surface area contributed by atoms with E-state index < -0.39 is 0 Å². The predicted octanol–water partition coefficient (Wildman–Crippen LogP) is 7.82. The Hall–Kier alpha value is -2.81. The second-order valence-electron chi connectivity index (χ2n) is 9.86. The van der Waals surface area contributed by atoms with Gasteiger partial charge >= 0.3 is 0 Å². The summed E-state index contributed by atoms with van der Waals surface area (Å²) in [6, 6.07) is 45.1. The van der Waals surface area contributed by atoms with Crippen LogP contribution in [-0.4, -0.2) is 23.4 Å². The predicted molar refractivity (Wildman–Crippen MR) is 160 cm³/mol. The largest absolute Gasteiger partial charge is 0.352 e. The molecular weight excluding hydrogens is 754 g/mol. The third-order valence-corrected chi connectivity index (χ3v) is 5.98. The van der Waals surface area contributed by atoms with Crippen molar-refractivity contribution >= 4 is 19.2 Å². The molecule has 3 nitrogen and oxygen atoms in total. The zero-order chi connectivity index (χ0) is 26.4. The van der Waals surface area contributed by atoms with Gasteiger partial charge in [0, 0.05) is 84.7 Å². The van der Waals surface area contributed by atoms with Crippen molar-refractivity contribution in [2.45, 2.75) is 26.2 Å². The maximum Gasteiger partial charge on any atom is 0.0751 e. The van der Waals surface area contributed by atoms with E-state index in [4.69, 9.17) is 0 Å². The molecule has 2 heterocycles. The smallest absolute Gasteiger partial charge is 0.0751 e. The Kier molecular flexibility index (Phi) is 13.4. The number of benzene rings is 4. The third-order valence-electron chi connectivity index (χ3n) is 5.98. The van der Waals surface area contributed by atoms with E-state index in [9.17, 15) is 0 Å². The first-order valence-corrected chi connectivity index (χ1v) is 12.5. The monoisotopic (exact) mass is 782 g/mol. The van der Waals surface area contributed by atoms with Crippen LogP contribution in [0.4, 0.5) is 0 Å². The Bertz CT molecular complexity index is 1660. The van der Waals surface area contributed by atoms with E-state index in [-0.39, 0.29) is 66.6 Å². The van der Waals surface area contributed by atoms with E-state index in [1.54, 1.807) is 6.20 Å². The van der Waals surface area contributed by atoms with Gasteiger partial charge in [0.1, 0.15) is 0 Å². The molecule has 0 aliphatic heterocycles. The van der Waals surface area contributed by atoms with Crippen LogP contribution in [0.1, 0.15) is 26.5 Å². The van der Waals surface area contributed by atoms with Gasteiger partial charge in [-0.05, 0) is 12.1 Å². The van der Waals surface area contributed by atoms with Crippen molar-refractivity contribution in [1.82, 2.24) is 15.0 Å². The molecule has 2 aromatic heterocycles. The molecule has 6 heteroatoms. The minimum absolute atomic E-state index is 0. The average molecular weight is 782 g/mol. The van der Waals surface area contributed by atoms with Crippen LogP contribution in [0.25, 0.3) is 44.5 Å². The zero-order valence-corrected chi connectivity index (χ0v) is 28.5. The standard InChI is InChI=1S/C21H12N.C14H15N2.B.Ir.Y/c1-2-7-17-14-19(12-11-16(17)6-1)18-8-5-9-20(15-18)21-10-3-4-13-22-21;1-14(2,3)12-9-10-15-13(16-12)11-7-5-4-6-8-11;;;/h1-8,10-13H;4-7,9-10H,1-3H3;;;/q-3;-1;;;. The third kappa shape index (κ3) is 9.09. The summed E-state index contributed by atoms with van der Waals surface area (Å²) in [6.07, 6.45) is 3.59. The molecule has 0 spiro atoms. The molecule has 0 unspecified atom stereocenters. The van der Waals surface area contributed by atoms with Gasteiger partial charge in [0.05, 0.1) is 5.82 Å². The second-order valence-corrected chi connectivity index (χ2v) is 9.86. The van der Waals surface area contributed by atoms with Crippen molar-refractivity contribution in [3.63, 3.8) is 0 Å². The summed E-state index contributed by atoms with van der Waals surface area (Å²) < 4.78 is 0. The maximum atomic E-state index is 4.57. The van der Waals surface area contributed by atoms with E-state index in [1.165, 1.54) is 5.39 Å². The first kappa shape index (κ1) is 34.4. The summed E-state index contributed by atoms with van der Waals surface area (Å²) in [5, 5.41) is 2.30. The Morgan fingerprint density at radius 3 is 2.12 bits per heavy atom. The van der Waals surface area contributed by atoms with E-state index in [2.05, 4.69) is 84.3 Å². The van der Waals surface area contributed by atoms with Gasteiger partial charge in [0.15, 0.2) is 0 Å². The van der Waals surface area contributed by atoms with Crippen LogP contribution in [0.5, 0.6) is 0 Å². The van der Waals surface area contributed by atoms with Crippen LogP contribution in [0.15, 0.2) is 109 Å². The molecule has 0 saturated heterocycles. The quantitative estimate of drug-likeness (QED) is 0.136. The molecule has 0 bridgehead atoms. The summed E-state index contributed by atoms with van der Waals surface area (Å²) in [6.45, 7) is 6.44. The number of aromatic nitrogens is 3. The first-order chi connectivity index (χ1) is 18.5. The SMILES string of the molecule is CC(C)(C)c1ccnc(-c2[c-]cccc2)n1.[B].[Ir].[Y].[c-]1ccc(-c2[c-]c3ccccc3cc2)[c-]c1-c1ccccn1. The molecule has 0 atom stereocenters. The molecule has 6 aromatic rings. The number of rotatable bonds is 3. The van der Waals surface area contributed by atoms with Gasteiger partial charge in [0.25, 0.3) is 0 Å². The van der Waals surface area contributed by atoms with Crippen LogP contribution in [0, 0.1) is 24.3 Å². The summed E-state index contributed by atoms with van der Waals surface area (Å²) >= 11 is 0. The molecule has 0 saturated carbocycles. The van der Waals surface area contributed by atoms with E-state index in [0.29, 0.717) is 0 Å². The average Bonchev–Trinajstić information content (AvgIpc) is 2.98. The van der Waals surface area contributed by atoms with Crippen molar-refractivity contribution in [3.8, 4) is 33.8 Å². The number of fused-ring (bicyclic) bond motifs is 1.